The van der Waals surface area contributed by atoms with Crippen LogP contribution in [0, 0.1) is 0 Å². The molecule has 2 heterocycles. The molecule has 7 heteroatoms. The number of carboxylic acid groups (broad SMARTS) is 1. The molecule has 1 N–H and O–H groups in total. The first kappa shape index (κ1) is 13.5. The van der Waals surface area contributed by atoms with Crippen molar-refractivity contribution in [2.45, 2.75) is 26.7 Å². The van der Waals surface area contributed by atoms with Crippen molar-refractivity contribution in [2.75, 3.05) is 0 Å². The molecule has 2 aromatic rings. The fraction of sp³-hybridized carbons (Fsp3) is 0.333. The third-order valence-electron chi connectivity index (χ3n) is 2.64. The van der Waals surface area contributed by atoms with Crippen molar-refractivity contribution in [1.29, 1.82) is 0 Å². The minimum Gasteiger partial charge on any atom is -0.478 e. The zero-order valence-corrected chi connectivity index (χ0v) is 11.3. The highest BCUT2D eigenvalue weighted by molar-refractivity contribution is 6.33. The van der Waals surface area contributed by atoms with Gasteiger partial charge >= 0.3 is 5.97 Å². The van der Waals surface area contributed by atoms with E-state index in [4.69, 9.17) is 16.7 Å². The molecule has 0 unspecified atom stereocenters. The van der Waals surface area contributed by atoms with Crippen molar-refractivity contribution >= 4 is 17.6 Å². The molecule has 0 aromatic carbocycles. The molecule has 100 valence electrons. The van der Waals surface area contributed by atoms with Gasteiger partial charge in [-0.05, 0) is 6.07 Å². The second-order valence-corrected chi connectivity index (χ2v) is 4.30. The van der Waals surface area contributed by atoms with Gasteiger partial charge in [-0.3, -0.25) is 0 Å². The van der Waals surface area contributed by atoms with Crippen LogP contribution >= 0.6 is 11.6 Å². The number of pyridine rings is 1. The summed E-state index contributed by atoms with van der Waals surface area (Å²) in [6.07, 6.45) is 2.70. The first-order valence-corrected chi connectivity index (χ1v) is 6.28. The Balaban J connectivity index is 2.55. The Bertz CT molecular complexity index is 624. The lowest BCUT2D eigenvalue weighted by molar-refractivity contribution is 0.0697. The molecule has 0 atom stereocenters. The topological polar surface area (TPSA) is 80.9 Å². The number of carbonyl (C=O) groups is 1. The Labute approximate surface area is 115 Å². The molecule has 2 rings (SSSR count). The van der Waals surface area contributed by atoms with Gasteiger partial charge in [-0.1, -0.05) is 25.4 Å². The predicted molar refractivity (Wildman–Crippen MR) is 69.9 cm³/mol. The molecule has 19 heavy (non-hydrogen) atoms. The summed E-state index contributed by atoms with van der Waals surface area (Å²) >= 11 is 5.80. The van der Waals surface area contributed by atoms with Gasteiger partial charge in [0.25, 0.3) is 0 Å². The number of hydrogen-bond acceptors (Lipinski definition) is 4. The van der Waals surface area contributed by atoms with Gasteiger partial charge in [0.05, 0.1) is 10.6 Å². The summed E-state index contributed by atoms with van der Waals surface area (Å²) < 4.78 is 1.56. The largest absolute Gasteiger partial charge is 0.478 e. The van der Waals surface area contributed by atoms with Crippen LogP contribution in [-0.2, 0) is 12.8 Å². The van der Waals surface area contributed by atoms with E-state index in [0.29, 0.717) is 24.5 Å². The molecular formula is C12H13ClN4O2. The maximum absolute atomic E-state index is 11.1. The van der Waals surface area contributed by atoms with Crippen LogP contribution < -0.4 is 0 Å². The minimum absolute atomic E-state index is 0.00210. The lowest BCUT2D eigenvalue weighted by atomic mass is 10.2. The smallest absolute Gasteiger partial charge is 0.337 e. The first-order valence-electron chi connectivity index (χ1n) is 5.90. The number of carboxylic acids is 1. The fourth-order valence-corrected chi connectivity index (χ4v) is 1.85. The third-order valence-corrected chi connectivity index (χ3v) is 2.94. The van der Waals surface area contributed by atoms with E-state index >= 15 is 0 Å². The number of aromatic nitrogens is 4. The summed E-state index contributed by atoms with van der Waals surface area (Å²) in [4.78, 5) is 19.5. The molecular weight excluding hydrogens is 268 g/mol. The summed E-state index contributed by atoms with van der Waals surface area (Å²) in [6.45, 7) is 3.91. The molecule has 0 radical (unpaired) electrons. The Morgan fingerprint density at radius 1 is 1.42 bits per heavy atom. The van der Waals surface area contributed by atoms with Crippen LogP contribution in [0.4, 0.5) is 0 Å². The van der Waals surface area contributed by atoms with Crippen molar-refractivity contribution in [3.63, 3.8) is 0 Å². The van der Waals surface area contributed by atoms with E-state index in [-0.39, 0.29) is 10.6 Å². The average Bonchev–Trinajstić information content (AvgIpc) is 2.82. The van der Waals surface area contributed by atoms with Gasteiger partial charge in [-0.25, -0.2) is 14.8 Å². The van der Waals surface area contributed by atoms with Crippen LogP contribution in [0.5, 0.6) is 0 Å². The van der Waals surface area contributed by atoms with E-state index < -0.39 is 5.97 Å². The van der Waals surface area contributed by atoms with Crippen LogP contribution in [0.2, 0.25) is 5.02 Å². The van der Waals surface area contributed by atoms with E-state index in [0.717, 1.165) is 5.82 Å². The molecule has 0 fully saturated rings. The minimum atomic E-state index is -1.09. The second-order valence-electron chi connectivity index (χ2n) is 3.89. The monoisotopic (exact) mass is 280 g/mol. The number of nitrogens with zero attached hydrogens (tertiary/aromatic N) is 4. The highest BCUT2D eigenvalue weighted by atomic mass is 35.5. The molecule has 2 aromatic heterocycles. The number of rotatable bonds is 4. The Morgan fingerprint density at radius 3 is 2.74 bits per heavy atom. The van der Waals surface area contributed by atoms with Gasteiger partial charge in [0.1, 0.15) is 5.82 Å². The molecule has 0 aliphatic carbocycles. The SMILES string of the molecule is CCc1nc(CC)n(-c2cc(C(=O)O)c(Cl)cn2)n1. The summed E-state index contributed by atoms with van der Waals surface area (Å²) in [6, 6.07) is 1.40. The van der Waals surface area contributed by atoms with Crippen LogP contribution in [-0.4, -0.2) is 30.8 Å². The zero-order chi connectivity index (χ0) is 14.0. The van der Waals surface area contributed by atoms with Crippen LogP contribution in [0.25, 0.3) is 5.82 Å². The molecule has 0 aliphatic heterocycles. The van der Waals surface area contributed by atoms with Crippen molar-refractivity contribution in [2.24, 2.45) is 0 Å². The molecule has 0 bridgehead atoms. The van der Waals surface area contributed by atoms with Crippen molar-refractivity contribution < 1.29 is 9.90 Å². The second kappa shape index (κ2) is 5.36. The van der Waals surface area contributed by atoms with E-state index in [9.17, 15) is 4.79 Å². The van der Waals surface area contributed by atoms with Gasteiger partial charge in [0, 0.05) is 19.0 Å². The zero-order valence-electron chi connectivity index (χ0n) is 10.6. The number of aryl methyl sites for hydroxylation is 2. The third kappa shape index (κ3) is 2.58. The highest BCUT2D eigenvalue weighted by Crippen LogP contribution is 2.18. The van der Waals surface area contributed by atoms with Crippen molar-refractivity contribution in [3.05, 3.63) is 34.5 Å². The lowest BCUT2D eigenvalue weighted by Gasteiger charge is -2.05. The average molecular weight is 281 g/mol. The quantitative estimate of drug-likeness (QED) is 0.928. The van der Waals surface area contributed by atoms with Gasteiger partial charge < -0.3 is 5.11 Å². The summed E-state index contributed by atoms with van der Waals surface area (Å²) in [5.74, 6) is 0.752. The van der Waals surface area contributed by atoms with E-state index in [1.165, 1.54) is 12.3 Å². The fourth-order valence-electron chi connectivity index (χ4n) is 1.66. The number of aromatic carboxylic acids is 1. The van der Waals surface area contributed by atoms with Gasteiger partial charge in [0.2, 0.25) is 0 Å². The van der Waals surface area contributed by atoms with Gasteiger partial charge in [-0.15, -0.1) is 5.10 Å². The Hall–Kier alpha value is -1.95. The van der Waals surface area contributed by atoms with Crippen LogP contribution in [0.3, 0.4) is 0 Å². The maximum Gasteiger partial charge on any atom is 0.337 e. The van der Waals surface area contributed by atoms with Gasteiger partial charge in [0.15, 0.2) is 11.6 Å². The molecule has 0 amide bonds. The molecule has 0 saturated carbocycles. The molecule has 0 saturated heterocycles. The summed E-state index contributed by atoms with van der Waals surface area (Å²) in [5, 5.41) is 13.5. The molecule has 0 aliphatic rings. The van der Waals surface area contributed by atoms with Crippen LogP contribution in [0.15, 0.2) is 12.3 Å². The van der Waals surface area contributed by atoms with Crippen LogP contribution in [0.1, 0.15) is 35.9 Å². The van der Waals surface area contributed by atoms with Gasteiger partial charge in [-0.2, -0.15) is 4.68 Å². The summed E-state index contributed by atoms with van der Waals surface area (Å²) in [7, 11) is 0. The highest BCUT2D eigenvalue weighted by Gasteiger charge is 2.15. The standard InChI is InChI=1S/C12H13ClN4O2/c1-3-9-15-10(4-2)17(16-9)11-5-7(12(18)19)8(13)6-14-11/h5-6H,3-4H2,1-2H3,(H,18,19). The molecule has 0 spiro atoms. The summed E-state index contributed by atoms with van der Waals surface area (Å²) in [5.41, 5.74) is 0.00210. The lowest BCUT2D eigenvalue weighted by Crippen LogP contribution is -2.07. The van der Waals surface area contributed by atoms with Crippen molar-refractivity contribution in [3.8, 4) is 5.82 Å². The molecule has 6 nitrogen and oxygen atoms in total. The Kier molecular flexibility index (Phi) is 3.80. The van der Waals surface area contributed by atoms with E-state index in [2.05, 4.69) is 15.1 Å². The number of hydrogen-bond donors (Lipinski definition) is 1. The number of halogens is 1. The van der Waals surface area contributed by atoms with Crippen molar-refractivity contribution in [1.82, 2.24) is 19.7 Å². The normalized spacial score (nSPS) is 10.7. The maximum atomic E-state index is 11.1. The first-order chi connectivity index (χ1) is 9.06. The van der Waals surface area contributed by atoms with E-state index in [1.54, 1.807) is 4.68 Å². The predicted octanol–water partition coefficient (Wildman–Crippen LogP) is 2.14. The Morgan fingerprint density at radius 2 is 2.16 bits per heavy atom. The van der Waals surface area contributed by atoms with E-state index in [1.807, 2.05) is 13.8 Å².